The lowest BCUT2D eigenvalue weighted by Gasteiger charge is -2.29. The SMILES string of the molecule is COCCN(CCC(=O)N1CCNCC1)S(=O)(=O)c1ccc(C)cc1C. The molecule has 146 valence electrons. The third-order valence-electron chi connectivity index (χ3n) is 4.54. The molecule has 1 aliphatic rings. The maximum Gasteiger partial charge on any atom is 0.243 e. The van der Waals surface area contributed by atoms with E-state index in [2.05, 4.69) is 5.32 Å². The molecule has 26 heavy (non-hydrogen) atoms. The summed E-state index contributed by atoms with van der Waals surface area (Å²) in [5, 5.41) is 3.20. The van der Waals surface area contributed by atoms with Crippen LogP contribution in [0.2, 0.25) is 0 Å². The van der Waals surface area contributed by atoms with Gasteiger partial charge in [0.1, 0.15) is 0 Å². The molecular weight excluding hydrogens is 354 g/mol. The lowest BCUT2D eigenvalue weighted by Crippen LogP contribution is -2.47. The average molecular weight is 384 g/mol. The highest BCUT2D eigenvalue weighted by Gasteiger charge is 2.27. The van der Waals surface area contributed by atoms with Crippen LogP contribution in [0.1, 0.15) is 17.5 Å². The minimum absolute atomic E-state index is 0.00950. The quantitative estimate of drug-likeness (QED) is 0.717. The van der Waals surface area contributed by atoms with Crippen LogP contribution in [0.25, 0.3) is 0 Å². The molecule has 1 heterocycles. The van der Waals surface area contributed by atoms with E-state index in [9.17, 15) is 13.2 Å². The summed E-state index contributed by atoms with van der Waals surface area (Å²) >= 11 is 0. The van der Waals surface area contributed by atoms with Crippen LogP contribution < -0.4 is 5.32 Å². The lowest BCUT2D eigenvalue weighted by molar-refractivity contribution is -0.131. The largest absolute Gasteiger partial charge is 0.383 e. The van der Waals surface area contributed by atoms with E-state index in [1.807, 2.05) is 13.0 Å². The van der Waals surface area contributed by atoms with Gasteiger partial charge in [0.15, 0.2) is 0 Å². The molecule has 1 N–H and O–H groups in total. The van der Waals surface area contributed by atoms with Crippen molar-refractivity contribution in [3.05, 3.63) is 29.3 Å². The molecule has 1 amide bonds. The molecule has 0 aromatic heterocycles. The molecule has 0 spiro atoms. The second kappa shape index (κ2) is 9.45. The van der Waals surface area contributed by atoms with Crippen molar-refractivity contribution in [2.75, 3.05) is 53.0 Å². The van der Waals surface area contributed by atoms with Crippen molar-refractivity contribution in [2.24, 2.45) is 0 Å². The summed E-state index contributed by atoms with van der Waals surface area (Å²) in [6, 6.07) is 5.28. The Balaban J connectivity index is 2.13. The van der Waals surface area contributed by atoms with Crippen LogP contribution in [0, 0.1) is 13.8 Å². The zero-order chi connectivity index (χ0) is 19.2. The Labute approximate surface area is 156 Å². The maximum absolute atomic E-state index is 13.1. The van der Waals surface area contributed by atoms with Crippen LogP contribution in [-0.4, -0.2) is 76.5 Å². The average Bonchev–Trinajstić information content (AvgIpc) is 2.61. The Kier molecular flexibility index (Phi) is 7.57. The van der Waals surface area contributed by atoms with E-state index in [0.717, 1.165) is 18.7 Å². The highest BCUT2D eigenvalue weighted by atomic mass is 32.2. The van der Waals surface area contributed by atoms with Gasteiger partial charge < -0.3 is 15.0 Å². The number of benzene rings is 1. The number of aryl methyl sites for hydroxylation is 2. The van der Waals surface area contributed by atoms with Crippen molar-refractivity contribution < 1.29 is 17.9 Å². The molecular formula is C18H29N3O4S. The van der Waals surface area contributed by atoms with E-state index in [1.54, 1.807) is 24.0 Å². The monoisotopic (exact) mass is 383 g/mol. The molecule has 0 bridgehead atoms. The highest BCUT2D eigenvalue weighted by Crippen LogP contribution is 2.21. The summed E-state index contributed by atoms with van der Waals surface area (Å²) in [6.07, 6.45) is 0.174. The van der Waals surface area contributed by atoms with Crippen LogP contribution in [0.4, 0.5) is 0 Å². The summed E-state index contributed by atoms with van der Waals surface area (Å²) in [5.41, 5.74) is 1.72. The summed E-state index contributed by atoms with van der Waals surface area (Å²) in [5.74, 6) is -0.00950. The van der Waals surface area contributed by atoms with Crippen LogP contribution in [-0.2, 0) is 19.6 Å². The molecule has 0 aliphatic carbocycles. The number of hydrogen-bond acceptors (Lipinski definition) is 5. The number of nitrogens with one attached hydrogen (secondary N) is 1. The van der Waals surface area contributed by atoms with E-state index in [1.165, 1.54) is 11.4 Å². The van der Waals surface area contributed by atoms with Crippen LogP contribution in [0.15, 0.2) is 23.1 Å². The number of rotatable bonds is 8. The summed E-state index contributed by atoms with van der Waals surface area (Å²) in [6.45, 7) is 7.27. The molecule has 1 aliphatic heterocycles. The van der Waals surface area contributed by atoms with Gasteiger partial charge in [0.25, 0.3) is 0 Å². The molecule has 0 unspecified atom stereocenters. The first-order chi connectivity index (χ1) is 12.4. The fourth-order valence-corrected chi connectivity index (χ4v) is 4.70. The Hall–Kier alpha value is -1.48. The molecule has 2 rings (SSSR count). The fourth-order valence-electron chi connectivity index (χ4n) is 3.07. The fraction of sp³-hybridized carbons (Fsp3) is 0.611. The number of hydrogen-bond donors (Lipinski definition) is 1. The van der Waals surface area contributed by atoms with Gasteiger partial charge in [-0.15, -0.1) is 0 Å². The summed E-state index contributed by atoms with van der Waals surface area (Å²) < 4.78 is 32.6. The molecule has 0 radical (unpaired) electrons. The van der Waals surface area contributed by atoms with E-state index >= 15 is 0 Å². The molecule has 7 nitrogen and oxygen atoms in total. The van der Waals surface area contributed by atoms with Gasteiger partial charge in [-0.1, -0.05) is 17.7 Å². The number of carbonyl (C=O) groups excluding carboxylic acids is 1. The Morgan fingerprint density at radius 2 is 1.92 bits per heavy atom. The topological polar surface area (TPSA) is 79.0 Å². The first kappa shape index (κ1) is 20.8. The van der Waals surface area contributed by atoms with Crippen molar-refractivity contribution >= 4 is 15.9 Å². The Morgan fingerprint density at radius 3 is 2.54 bits per heavy atom. The first-order valence-corrected chi connectivity index (χ1v) is 10.3. The van der Waals surface area contributed by atoms with Crippen LogP contribution in [0.5, 0.6) is 0 Å². The maximum atomic E-state index is 13.1. The lowest BCUT2D eigenvalue weighted by atomic mass is 10.2. The van der Waals surface area contributed by atoms with Crippen molar-refractivity contribution in [3.8, 4) is 0 Å². The van der Waals surface area contributed by atoms with Crippen molar-refractivity contribution in [1.29, 1.82) is 0 Å². The Morgan fingerprint density at radius 1 is 1.23 bits per heavy atom. The highest BCUT2D eigenvalue weighted by molar-refractivity contribution is 7.89. The van der Waals surface area contributed by atoms with Crippen LogP contribution >= 0.6 is 0 Å². The van der Waals surface area contributed by atoms with Crippen molar-refractivity contribution in [3.63, 3.8) is 0 Å². The zero-order valence-corrected chi connectivity index (χ0v) is 16.6. The summed E-state index contributed by atoms with van der Waals surface area (Å²) in [7, 11) is -2.14. The number of sulfonamides is 1. The number of piperazine rings is 1. The van der Waals surface area contributed by atoms with Gasteiger partial charge in [-0.05, 0) is 25.5 Å². The minimum atomic E-state index is -3.68. The minimum Gasteiger partial charge on any atom is -0.383 e. The third-order valence-corrected chi connectivity index (χ3v) is 6.60. The first-order valence-electron chi connectivity index (χ1n) is 8.91. The summed E-state index contributed by atoms with van der Waals surface area (Å²) in [4.78, 5) is 14.5. The number of nitrogens with zero attached hydrogens (tertiary/aromatic N) is 2. The molecule has 1 aromatic rings. The molecule has 0 saturated carbocycles. The standard InChI is InChI=1S/C18H29N3O4S/c1-15-4-5-17(16(2)14-15)26(23,24)21(12-13-25-3)9-6-18(22)20-10-7-19-8-11-20/h4-5,14,19H,6-13H2,1-3H3. The van der Waals surface area contributed by atoms with Gasteiger partial charge in [0.2, 0.25) is 15.9 Å². The zero-order valence-electron chi connectivity index (χ0n) is 15.8. The van der Waals surface area contributed by atoms with E-state index < -0.39 is 10.0 Å². The predicted octanol–water partition coefficient (Wildman–Crippen LogP) is 0.762. The molecule has 1 saturated heterocycles. The van der Waals surface area contributed by atoms with E-state index in [-0.39, 0.29) is 36.9 Å². The Bertz CT molecular complexity index is 715. The smallest absolute Gasteiger partial charge is 0.243 e. The molecule has 1 aromatic carbocycles. The molecule has 1 fully saturated rings. The van der Waals surface area contributed by atoms with Crippen LogP contribution in [0.3, 0.4) is 0 Å². The number of amides is 1. The number of carbonyl (C=O) groups is 1. The van der Waals surface area contributed by atoms with Gasteiger partial charge in [-0.3, -0.25) is 4.79 Å². The third kappa shape index (κ3) is 5.26. The van der Waals surface area contributed by atoms with Gasteiger partial charge in [0, 0.05) is 52.8 Å². The number of ether oxygens (including phenoxy) is 1. The van der Waals surface area contributed by atoms with Gasteiger partial charge in [0.05, 0.1) is 11.5 Å². The molecule has 8 heteroatoms. The second-order valence-corrected chi connectivity index (χ2v) is 8.45. The van der Waals surface area contributed by atoms with Crippen molar-refractivity contribution in [2.45, 2.75) is 25.2 Å². The number of methoxy groups -OCH3 is 1. The van der Waals surface area contributed by atoms with Gasteiger partial charge in [-0.2, -0.15) is 4.31 Å². The van der Waals surface area contributed by atoms with Crippen molar-refractivity contribution in [1.82, 2.24) is 14.5 Å². The predicted molar refractivity (Wildman–Crippen MR) is 101 cm³/mol. The normalized spacial score (nSPS) is 15.5. The second-order valence-electron chi connectivity index (χ2n) is 6.55. The van der Waals surface area contributed by atoms with E-state index in [4.69, 9.17) is 4.74 Å². The molecule has 0 atom stereocenters. The van der Waals surface area contributed by atoms with E-state index in [0.29, 0.717) is 18.7 Å². The van der Waals surface area contributed by atoms with Gasteiger partial charge >= 0.3 is 0 Å². The van der Waals surface area contributed by atoms with Gasteiger partial charge in [-0.25, -0.2) is 8.42 Å².